The molecule has 58 valence electrons. The summed E-state index contributed by atoms with van der Waals surface area (Å²) in [5.74, 6) is 0. The summed E-state index contributed by atoms with van der Waals surface area (Å²) in [5.41, 5.74) is 0. The van der Waals surface area contributed by atoms with Crippen molar-refractivity contribution in [1.82, 2.24) is 0 Å². The quantitative estimate of drug-likeness (QED) is 0.467. The van der Waals surface area contributed by atoms with Gasteiger partial charge in [0.2, 0.25) is 7.59 Å². The van der Waals surface area contributed by atoms with Crippen molar-refractivity contribution >= 4 is 80.6 Å². The average molecular weight is 269 g/mol. The largest absolute Gasteiger partial charge is 0.236 e. The van der Waals surface area contributed by atoms with Crippen molar-refractivity contribution in [3.8, 4) is 0 Å². The van der Waals surface area contributed by atoms with Crippen LogP contribution in [0, 0.1) is 0 Å². The zero-order chi connectivity index (χ0) is 7.00. The van der Waals surface area contributed by atoms with Crippen molar-refractivity contribution in [2.45, 2.75) is 7.59 Å². The lowest BCUT2D eigenvalue weighted by molar-refractivity contribution is 1.10. The Bertz CT molecular complexity index is 66.0. The molecule has 0 aliphatic rings. The lowest BCUT2D eigenvalue weighted by Crippen LogP contribution is -2.23. The Morgan fingerprint density at radius 3 is 0.667 bits per heavy atom. The minimum atomic E-state index is -1.85. The van der Waals surface area contributed by atoms with Gasteiger partial charge in [-0.2, -0.15) is 0 Å². The lowest BCUT2D eigenvalue weighted by Gasteiger charge is -2.19. The molecule has 0 aromatic rings. The van der Waals surface area contributed by atoms with E-state index in [1.807, 2.05) is 0 Å². The van der Waals surface area contributed by atoms with Crippen LogP contribution in [0.5, 0.6) is 0 Å². The summed E-state index contributed by atoms with van der Waals surface area (Å²) in [6.07, 6.45) is 0. The van der Waals surface area contributed by atoms with E-state index in [1.165, 1.54) is 0 Å². The van der Waals surface area contributed by atoms with Gasteiger partial charge in [0.15, 0.2) is 0 Å². The van der Waals surface area contributed by atoms with Crippen molar-refractivity contribution in [3.05, 3.63) is 0 Å². The lowest BCUT2D eigenvalue weighted by atomic mass is 10.9. The molecular weight excluding hydrogens is 265 g/mol. The molecule has 0 radical (unpaired) electrons. The standard InChI is InChI=1S/C2Cl6.H4Si/c3-1(4,5)2(6,7)8;/h;1H4. The smallest absolute Gasteiger partial charge is 0.0788 e. The highest BCUT2D eigenvalue weighted by Gasteiger charge is 2.43. The molecule has 0 saturated carbocycles. The first-order valence-corrected chi connectivity index (χ1v) is 3.65. The van der Waals surface area contributed by atoms with Crippen LogP contribution in [-0.4, -0.2) is 18.6 Å². The van der Waals surface area contributed by atoms with Gasteiger partial charge in [-0.1, -0.05) is 69.6 Å². The van der Waals surface area contributed by atoms with Crippen molar-refractivity contribution in [2.75, 3.05) is 0 Å². The van der Waals surface area contributed by atoms with Crippen molar-refractivity contribution < 1.29 is 0 Å². The highest BCUT2D eigenvalue weighted by atomic mass is 35.6. The molecule has 0 rings (SSSR count). The van der Waals surface area contributed by atoms with E-state index in [0.717, 1.165) is 0 Å². The maximum atomic E-state index is 5.14. The zero-order valence-corrected chi connectivity index (χ0v) is 7.80. The second kappa shape index (κ2) is 4.10. The molecule has 0 aliphatic heterocycles. The van der Waals surface area contributed by atoms with Gasteiger partial charge in [-0.15, -0.1) is 0 Å². The third kappa shape index (κ3) is 5.25. The van der Waals surface area contributed by atoms with E-state index in [2.05, 4.69) is 0 Å². The van der Waals surface area contributed by atoms with E-state index in [9.17, 15) is 0 Å². The summed E-state index contributed by atoms with van der Waals surface area (Å²) in [6.45, 7) is 0. The molecule has 0 bridgehead atoms. The predicted octanol–water partition coefficient (Wildman–Crippen LogP) is 2.28. The summed E-state index contributed by atoms with van der Waals surface area (Å²) >= 11 is 30.9. The molecule has 0 spiro atoms. The second-order valence-corrected chi connectivity index (χ2v) is 5.56. The summed E-state index contributed by atoms with van der Waals surface area (Å²) in [6, 6.07) is 0. The van der Waals surface area contributed by atoms with E-state index in [0.29, 0.717) is 0 Å². The Morgan fingerprint density at radius 2 is 0.667 bits per heavy atom. The van der Waals surface area contributed by atoms with Crippen molar-refractivity contribution in [1.29, 1.82) is 0 Å². The summed E-state index contributed by atoms with van der Waals surface area (Å²) in [7, 11) is 0. The van der Waals surface area contributed by atoms with E-state index < -0.39 is 7.59 Å². The number of halogens is 6. The molecule has 0 unspecified atom stereocenters. The average Bonchev–Trinajstić information content (AvgIpc) is 1.25. The van der Waals surface area contributed by atoms with Gasteiger partial charge >= 0.3 is 0 Å². The fourth-order valence-electron chi connectivity index (χ4n) is 0. The molecule has 0 N–H and O–H groups in total. The van der Waals surface area contributed by atoms with Crippen LogP contribution in [0.25, 0.3) is 0 Å². The van der Waals surface area contributed by atoms with Crippen molar-refractivity contribution in [2.24, 2.45) is 0 Å². The molecular formula is C2H4Cl6Si. The number of alkyl halides is 6. The highest BCUT2D eigenvalue weighted by Crippen LogP contribution is 2.48. The molecule has 0 aliphatic carbocycles. The minimum absolute atomic E-state index is 0. The van der Waals surface area contributed by atoms with Gasteiger partial charge in [0.25, 0.3) is 0 Å². The van der Waals surface area contributed by atoms with Crippen LogP contribution in [0.4, 0.5) is 0 Å². The van der Waals surface area contributed by atoms with Gasteiger partial charge in [-0.25, -0.2) is 0 Å². The molecule has 7 heteroatoms. The maximum absolute atomic E-state index is 5.14. The molecule has 0 fully saturated rings. The Kier molecular flexibility index (Phi) is 6.17. The Balaban J connectivity index is 0. The Hall–Kier alpha value is 1.96. The third-order valence-corrected chi connectivity index (χ3v) is 2.89. The van der Waals surface area contributed by atoms with Crippen LogP contribution in [-0.2, 0) is 0 Å². The van der Waals surface area contributed by atoms with E-state index >= 15 is 0 Å². The van der Waals surface area contributed by atoms with Gasteiger partial charge in [0, 0.05) is 0 Å². The molecule has 0 atom stereocenters. The fraction of sp³-hybridized carbons (Fsp3) is 1.00. The van der Waals surface area contributed by atoms with Gasteiger partial charge in [0.1, 0.15) is 0 Å². The molecule has 0 saturated heterocycles. The van der Waals surface area contributed by atoms with Gasteiger partial charge in [0.05, 0.1) is 0 Å². The molecule has 0 aromatic heterocycles. The van der Waals surface area contributed by atoms with Gasteiger partial charge in [-0.3, -0.25) is 0 Å². The first kappa shape index (κ1) is 13.5. The van der Waals surface area contributed by atoms with Crippen LogP contribution in [0.3, 0.4) is 0 Å². The van der Waals surface area contributed by atoms with E-state index in [4.69, 9.17) is 69.6 Å². The molecule has 0 aromatic carbocycles. The van der Waals surface area contributed by atoms with Crippen LogP contribution < -0.4 is 0 Å². The van der Waals surface area contributed by atoms with E-state index in [1.54, 1.807) is 0 Å². The van der Waals surface area contributed by atoms with Gasteiger partial charge in [-0.05, 0) is 11.0 Å². The minimum Gasteiger partial charge on any atom is -0.0788 e. The summed E-state index contributed by atoms with van der Waals surface area (Å²) in [4.78, 5) is 0. The molecule has 0 amide bonds. The predicted molar refractivity (Wildman–Crippen MR) is 51.9 cm³/mol. The molecule has 9 heavy (non-hydrogen) atoms. The van der Waals surface area contributed by atoms with Crippen LogP contribution >= 0.6 is 69.6 Å². The SMILES string of the molecule is ClC(Cl)(Cl)C(Cl)(Cl)Cl.[SiH4]. The van der Waals surface area contributed by atoms with E-state index in [-0.39, 0.29) is 11.0 Å². The first-order chi connectivity index (χ1) is 3.25. The normalized spacial score (nSPS) is 12.7. The van der Waals surface area contributed by atoms with Crippen LogP contribution in [0.15, 0.2) is 0 Å². The number of rotatable bonds is 0. The Labute approximate surface area is 87.7 Å². The molecule has 0 heterocycles. The first-order valence-electron chi connectivity index (χ1n) is 1.38. The fourth-order valence-corrected chi connectivity index (χ4v) is 0. The molecule has 0 nitrogen and oxygen atoms in total. The topological polar surface area (TPSA) is 0 Å². The zero-order valence-electron chi connectivity index (χ0n) is 3.27. The number of hydrogen-bond donors (Lipinski definition) is 0. The van der Waals surface area contributed by atoms with Crippen LogP contribution in [0.1, 0.15) is 0 Å². The second-order valence-electron chi connectivity index (χ2n) is 0.996. The Morgan fingerprint density at radius 1 is 0.556 bits per heavy atom. The third-order valence-electron chi connectivity index (χ3n) is 0.321. The number of hydrogen-bond acceptors (Lipinski definition) is 0. The van der Waals surface area contributed by atoms with Crippen LogP contribution in [0.2, 0.25) is 0 Å². The summed E-state index contributed by atoms with van der Waals surface area (Å²) < 4.78 is -3.70. The van der Waals surface area contributed by atoms with Gasteiger partial charge < -0.3 is 0 Å². The highest BCUT2D eigenvalue weighted by molar-refractivity contribution is 6.83. The van der Waals surface area contributed by atoms with Crippen molar-refractivity contribution in [3.63, 3.8) is 0 Å². The monoisotopic (exact) mass is 266 g/mol. The summed E-state index contributed by atoms with van der Waals surface area (Å²) in [5, 5.41) is 0. The maximum Gasteiger partial charge on any atom is 0.236 e.